The number of nitrogens with zero attached hydrogens (tertiary/aromatic N) is 2. The lowest BCUT2D eigenvalue weighted by atomic mass is 9.87. The van der Waals surface area contributed by atoms with E-state index in [1.807, 2.05) is 12.1 Å². The van der Waals surface area contributed by atoms with E-state index in [0.29, 0.717) is 22.7 Å². The summed E-state index contributed by atoms with van der Waals surface area (Å²) in [5, 5.41) is 9.16. The smallest absolute Gasteiger partial charge is 0.308 e. The van der Waals surface area contributed by atoms with E-state index in [9.17, 15) is 9.59 Å². The Kier molecular flexibility index (Phi) is 4.22. The molecule has 0 saturated carbocycles. The van der Waals surface area contributed by atoms with Gasteiger partial charge in [0.1, 0.15) is 5.52 Å². The standard InChI is InChI=1S/C22H22N2O4/c1-22(2,3)15-6-4-13(5-7-15)20-23-17-9-8-16(11-18(17)28-20)24-12-14(21(26)27)10-19(24)25/h4-9,11,14H,10,12H2,1-3H3,(H,26,27)/t14-/m0/s1. The highest BCUT2D eigenvalue weighted by atomic mass is 16.4. The molecule has 1 N–H and O–H groups in total. The van der Waals surface area contributed by atoms with E-state index in [0.717, 1.165) is 5.56 Å². The molecule has 1 saturated heterocycles. The van der Waals surface area contributed by atoms with Gasteiger partial charge in [0.25, 0.3) is 0 Å². The maximum absolute atomic E-state index is 12.2. The summed E-state index contributed by atoms with van der Waals surface area (Å²) in [4.78, 5) is 29.4. The summed E-state index contributed by atoms with van der Waals surface area (Å²) in [6, 6.07) is 13.5. The quantitative estimate of drug-likeness (QED) is 0.737. The molecule has 6 nitrogen and oxygen atoms in total. The molecule has 2 aromatic carbocycles. The molecule has 4 rings (SSSR count). The van der Waals surface area contributed by atoms with Crippen molar-refractivity contribution in [2.75, 3.05) is 11.4 Å². The van der Waals surface area contributed by atoms with Crippen LogP contribution in [0, 0.1) is 5.92 Å². The number of hydrogen-bond donors (Lipinski definition) is 1. The summed E-state index contributed by atoms with van der Waals surface area (Å²) in [5.41, 5.74) is 4.08. The van der Waals surface area contributed by atoms with Crippen LogP contribution >= 0.6 is 0 Å². The number of rotatable bonds is 3. The number of aliphatic carboxylic acids is 1. The molecule has 0 aliphatic carbocycles. The van der Waals surface area contributed by atoms with Crippen LogP contribution in [0.1, 0.15) is 32.8 Å². The first-order chi connectivity index (χ1) is 13.2. The maximum Gasteiger partial charge on any atom is 0.308 e. The van der Waals surface area contributed by atoms with Crippen molar-refractivity contribution >= 4 is 28.7 Å². The van der Waals surface area contributed by atoms with Gasteiger partial charge in [0.05, 0.1) is 5.92 Å². The molecule has 0 unspecified atom stereocenters. The van der Waals surface area contributed by atoms with Crippen molar-refractivity contribution in [1.82, 2.24) is 4.98 Å². The van der Waals surface area contributed by atoms with E-state index < -0.39 is 11.9 Å². The van der Waals surface area contributed by atoms with Gasteiger partial charge in [-0.15, -0.1) is 0 Å². The Labute approximate surface area is 162 Å². The summed E-state index contributed by atoms with van der Waals surface area (Å²) in [5.74, 6) is -1.29. The lowest BCUT2D eigenvalue weighted by Gasteiger charge is -2.18. The SMILES string of the molecule is CC(C)(C)c1ccc(-c2nc3ccc(N4C[C@@H](C(=O)O)CC4=O)cc3o2)cc1. The Morgan fingerprint density at radius 3 is 2.50 bits per heavy atom. The van der Waals surface area contributed by atoms with Crippen LogP contribution in [-0.2, 0) is 15.0 Å². The molecule has 1 aliphatic rings. The van der Waals surface area contributed by atoms with Gasteiger partial charge in [-0.2, -0.15) is 0 Å². The monoisotopic (exact) mass is 378 g/mol. The predicted molar refractivity (Wildman–Crippen MR) is 106 cm³/mol. The van der Waals surface area contributed by atoms with Crippen molar-refractivity contribution in [2.45, 2.75) is 32.6 Å². The van der Waals surface area contributed by atoms with Crippen LogP contribution in [0.2, 0.25) is 0 Å². The van der Waals surface area contributed by atoms with Crippen LogP contribution in [0.3, 0.4) is 0 Å². The topological polar surface area (TPSA) is 83.6 Å². The highest BCUT2D eigenvalue weighted by Gasteiger charge is 2.35. The van der Waals surface area contributed by atoms with Crippen molar-refractivity contribution in [3.63, 3.8) is 0 Å². The Hall–Kier alpha value is -3.15. The largest absolute Gasteiger partial charge is 0.481 e. The van der Waals surface area contributed by atoms with Crippen LogP contribution in [0.25, 0.3) is 22.6 Å². The minimum Gasteiger partial charge on any atom is -0.481 e. The fraction of sp³-hybridized carbons (Fsp3) is 0.318. The zero-order valence-corrected chi connectivity index (χ0v) is 16.1. The zero-order valence-electron chi connectivity index (χ0n) is 16.1. The third kappa shape index (κ3) is 3.26. The van der Waals surface area contributed by atoms with Gasteiger partial charge >= 0.3 is 5.97 Å². The highest BCUT2D eigenvalue weighted by Crippen LogP contribution is 2.31. The average Bonchev–Trinajstić information content (AvgIpc) is 3.24. The number of carbonyl (C=O) groups excluding carboxylic acids is 1. The lowest BCUT2D eigenvalue weighted by molar-refractivity contribution is -0.141. The number of carbonyl (C=O) groups is 2. The Morgan fingerprint density at radius 2 is 1.89 bits per heavy atom. The van der Waals surface area contributed by atoms with Crippen molar-refractivity contribution in [1.29, 1.82) is 0 Å². The number of amides is 1. The first-order valence-electron chi connectivity index (χ1n) is 9.27. The maximum atomic E-state index is 12.2. The molecule has 1 fully saturated rings. The van der Waals surface area contributed by atoms with E-state index in [-0.39, 0.29) is 24.3 Å². The van der Waals surface area contributed by atoms with E-state index in [2.05, 4.69) is 37.9 Å². The van der Waals surface area contributed by atoms with Gasteiger partial charge in [-0.1, -0.05) is 32.9 Å². The second-order valence-electron chi connectivity index (χ2n) is 8.24. The fourth-order valence-electron chi connectivity index (χ4n) is 3.44. The van der Waals surface area contributed by atoms with Gasteiger partial charge in [0, 0.05) is 30.3 Å². The predicted octanol–water partition coefficient (Wildman–Crippen LogP) is 4.23. The van der Waals surface area contributed by atoms with Crippen LogP contribution in [-0.4, -0.2) is 28.5 Å². The minimum absolute atomic E-state index is 0.0230. The third-order valence-electron chi connectivity index (χ3n) is 5.16. The molecule has 1 aliphatic heterocycles. The molecule has 0 bridgehead atoms. The minimum atomic E-state index is -0.947. The van der Waals surface area contributed by atoms with Crippen LogP contribution in [0.5, 0.6) is 0 Å². The molecular weight excluding hydrogens is 356 g/mol. The molecular formula is C22H22N2O4. The molecule has 1 aromatic heterocycles. The highest BCUT2D eigenvalue weighted by molar-refractivity contribution is 6.00. The lowest BCUT2D eigenvalue weighted by Crippen LogP contribution is -2.25. The number of anilines is 1. The molecule has 28 heavy (non-hydrogen) atoms. The normalized spacial score (nSPS) is 17.5. The van der Waals surface area contributed by atoms with Gasteiger partial charge in [-0.05, 0) is 35.2 Å². The number of hydrogen-bond acceptors (Lipinski definition) is 4. The Bertz CT molecular complexity index is 1060. The van der Waals surface area contributed by atoms with Crippen molar-refractivity contribution < 1.29 is 19.1 Å². The summed E-state index contributed by atoms with van der Waals surface area (Å²) in [6.07, 6.45) is 0.0230. The number of benzene rings is 2. The number of oxazole rings is 1. The van der Waals surface area contributed by atoms with Crippen LogP contribution in [0.15, 0.2) is 46.9 Å². The van der Waals surface area contributed by atoms with E-state index in [1.165, 1.54) is 10.5 Å². The van der Waals surface area contributed by atoms with E-state index in [1.54, 1.807) is 18.2 Å². The second-order valence-corrected chi connectivity index (χ2v) is 8.24. The molecule has 0 radical (unpaired) electrons. The first-order valence-corrected chi connectivity index (χ1v) is 9.27. The molecule has 1 atom stereocenters. The average molecular weight is 378 g/mol. The number of fused-ring (bicyclic) bond motifs is 1. The van der Waals surface area contributed by atoms with Gasteiger partial charge in [0.15, 0.2) is 5.58 Å². The van der Waals surface area contributed by atoms with Crippen molar-refractivity contribution in [2.24, 2.45) is 5.92 Å². The summed E-state index contributed by atoms with van der Waals surface area (Å²) in [6.45, 7) is 6.67. The molecule has 0 spiro atoms. The Balaban J connectivity index is 1.64. The van der Waals surface area contributed by atoms with Gasteiger partial charge in [-0.25, -0.2) is 4.98 Å². The summed E-state index contributed by atoms with van der Waals surface area (Å²) < 4.78 is 5.92. The fourth-order valence-corrected chi connectivity index (χ4v) is 3.44. The molecule has 6 heteroatoms. The van der Waals surface area contributed by atoms with Gasteiger partial charge in [-0.3, -0.25) is 9.59 Å². The van der Waals surface area contributed by atoms with Crippen molar-refractivity contribution in [3.05, 3.63) is 48.0 Å². The van der Waals surface area contributed by atoms with Crippen LogP contribution < -0.4 is 4.90 Å². The third-order valence-corrected chi connectivity index (χ3v) is 5.16. The number of carboxylic acid groups (broad SMARTS) is 1. The zero-order chi connectivity index (χ0) is 20.1. The van der Waals surface area contributed by atoms with Crippen LogP contribution in [0.4, 0.5) is 5.69 Å². The number of carboxylic acids is 1. The van der Waals surface area contributed by atoms with E-state index in [4.69, 9.17) is 9.52 Å². The molecule has 3 aromatic rings. The number of aromatic nitrogens is 1. The molecule has 1 amide bonds. The van der Waals surface area contributed by atoms with E-state index >= 15 is 0 Å². The Morgan fingerprint density at radius 1 is 1.18 bits per heavy atom. The second kappa shape index (κ2) is 6.48. The molecule has 144 valence electrons. The summed E-state index contributed by atoms with van der Waals surface area (Å²) in [7, 11) is 0. The van der Waals surface area contributed by atoms with Crippen molar-refractivity contribution in [3.8, 4) is 11.5 Å². The molecule has 2 heterocycles. The summed E-state index contributed by atoms with van der Waals surface area (Å²) >= 11 is 0. The van der Waals surface area contributed by atoms with Gasteiger partial charge in [0.2, 0.25) is 11.8 Å². The van der Waals surface area contributed by atoms with Gasteiger partial charge < -0.3 is 14.4 Å². The first kappa shape index (κ1) is 18.2.